The van der Waals surface area contributed by atoms with E-state index in [1.54, 1.807) is 48.5 Å². The maximum Gasteiger partial charge on any atom is 0.291 e. The Hall–Kier alpha value is -4.36. The van der Waals surface area contributed by atoms with Crippen LogP contribution in [-0.4, -0.2) is 17.5 Å². The second kappa shape index (κ2) is 10.7. The molecule has 0 spiro atoms. The molecule has 0 atom stereocenters. The van der Waals surface area contributed by atoms with E-state index in [1.807, 2.05) is 37.3 Å². The van der Waals surface area contributed by atoms with Gasteiger partial charge in [-0.1, -0.05) is 29.8 Å². The van der Waals surface area contributed by atoms with Gasteiger partial charge in [-0.2, -0.15) is 5.10 Å². The lowest BCUT2D eigenvalue weighted by atomic mass is 9.93. The molecular weight excluding hydrogens is 490 g/mol. The smallest absolute Gasteiger partial charge is 0.291 e. The molecule has 0 saturated heterocycles. The monoisotopic (exact) mass is 513 g/mol. The largest absolute Gasteiger partial charge is 0.457 e. The van der Waals surface area contributed by atoms with E-state index >= 15 is 0 Å². The van der Waals surface area contributed by atoms with Gasteiger partial charge in [0.25, 0.3) is 11.8 Å². The zero-order valence-corrected chi connectivity index (χ0v) is 20.8. The molecule has 4 aromatic rings. The van der Waals surface area contributed by atoms with Gasteiger partial charge in [-0.05, 0) is 80.4 Å². The number of hydrogen-bond donors (Lipinski definition) is 2. The van der Waals surface area contributed by atoms with Crippen LogP contribution in [0.5, 0.6) is 11.5 Å². The number of para-hydroxylation sites is 1. The summed E-state index contributed by atoms with van der Waals surface area (Å²) in [6.45, 7) is 1.83. The van der Waals surface area contributed by atoms with Crippen LogP contribution in [0.1, 0.15) is 50.6 Å². The molecule has 7 nitrogen and oxygen atoms in total. The summed E-state index contributed by atoms with van der Waals surface area (Å²) in [7, 11) is 0. The van der Waals surface area contributed by atoms with Crippen LogP contribution in [0.25, 0.3) is 0 Å². The van der Waals surface area contributed by atoms with Gasteiger partial charge in [-0.3, -0.25) is 9.59 Å². The second-order valence-electron chi connectivity index (χ2n) is 8.61. The summed E-state index contributed by atoms with van der Waals surface area (Å²) in [6, 6.07) is 23.2. The van der Waals surface area contributed by atoms with Gasteiger partial charge in [0.2, 0.25) is 0 Å². The average molecular weight is 514 g/mol. The summed E-state index contributed by atoms with van der Waals surface area (Å²) in [4.78, 5) is 25.5. The van der Waals surface area contributed by atoms with Gasteiger partial charge in [-0.15, -0.1) is 0 Å². The first-order valence-electron chi connectivity index (χ1n) is 11.9. The van der Waals surface area contributed by atoms with Crippen molar-refractivity contribution in [1.82, 2.24) is 5.43 Å². The predicted octanol–water partition coefficient (Wildman–Crippen LogP) is 6.76. The van der Waals surface area contributed by atoms with Gasteiger partial charge in [0.1, 0.15) is 17.3 Å². The fourth-order valence-electron chi connectivity index (χ4n) is 4.20. The molecule has 37 heavy (non-hydrogen) atoms. The minimum absolute atomic E-state index is 0.230. The molecule has 1 aromatic heterocycles. The van der Waals surface area contributed by atoms with Crippen LogP contribution in [0.2, 0.25) is 5.02 Å². The molecule has 0 bridgehead atoms. The maximum absolute atomic E-state index is 13.1. The minimum atomic E-state index is -0.354. The van der Waals surface area contributed by atoms with Crippen molar-refractivity contribution >= 4 is 34.8 Å². The molecule has 5 rings (SSSR count). The lowest BCUT2D eigenvalue weighted by molar-refractivity contribution is 0.0953. The summed E-state index contributed by atoms with van der Waals surface area (Å²) >= 11 is 5.90. The normalized spacial score (nSPS) is 13.6. The molecule has 1 aliphatic carbocycles. The number of carbonyl (C=O) groups is 2. The first-order valence-corrected chi connectivity index (χ1v) is 12.2. The number of hydrazone groups is 1. The summed E-state index contributed by atoms with van der Waals surface area (Å²) in [5.74, 6) is 1.63. The fraction of sp³-hybridized carbons (Fsp3) is 0.138. The highest BCUT2D eigenvalue weighted by Crippen LogP contribution is 2.31. The number of hydrogen-bond acceptors (Lipinski definition) is 5. The highest BCUT2D eigenvalue weighted by atomic mass is 35.5. The molecule has 2 amide bonds. The van der Waals surface area contributed by atoms with Crippen molar-refractivity contribution in [3.8, 4) is 11.5 Å². The highest BCUT2D eigenvalue weighted by Gasteiger charge is 2.28. The fourth-order valence-corrected chi connectivity index (χ4v) is 4.33. The highest BCUT2D eigenvalue weighted by molar-refractivity contribution is 6.30. The minimum Gasteiger partial charge on any atom is -0.457 e. The SMILES string of the molecule is Cc1c(C(=O)Nc2ccc(Oc3ccccc3)cc2)oc2c1/C(=N/NC(=O)c1ccc(Cl)cc1)CCC2. The van der Waals surface area contributed by atoms with Crippen LogP contribution in [0.3, 0.4) is 0 Å². The zero-order valence-electron chi connectivity index (χ0n) is 20.1. The Bertz CT molecular complexity index is 1460. The number of ether oxygens (including phenoxy) is 1. The van der Waals surface area contributed by atoms with E-state index in [9.17, 15) is 9.59 Å². The third-order valence-corrected chi connectivity index (χ3v) is 6.27. The molecule has 0 saturated carbocycles. The van der Waals surface area contributed by atoms with E-state index in [-0.39, 0.29) is 17.6 Å². The summed E-state index contributed by atoms with van der Waals surface area (Å²) in [5, 5.41) is 7.80. The molecule has 0 radical (unpaired) electrons. The number of anilines is 1. The van der Waals surface area contributed by atoms with E-state index < -0.39 is 0 Å². The summed E-state index contributed by atoms with van der Waals surface area (Å²) in [6.07, 6.45) is 2.16. The third kappa shape index (κ3) is 5.57. The Morgan fingerprint density at radius 3 is 2.32 bits per heavy atom. The van der Waals surface area contributed by atoms with Crippen molar-refractivity contribution in [2.24, 2.45) is 5.10 Å². The van der Waals surface area contributed by atoms with Crippen molar-refractivity contribution in [3.63, 3.8) is 0 Å². The summed E-state index contributed by atoms with van der Waals surface area (Å²) < 4.78 is 11.8. The Morgan fingerprint density at radius 1 is 0.892 bits per heavy atom. The molecule has 0 unspecified atom stereocenters. The van der Waals surface area contributed by atoms with Gasteiger partial charge in [-0.25, -0.2) is 5.43 Å². The topological polar surface area (TPSA) is 92.9 Å². The number of nitrogens with one attached hydrogen (secondary N) is 2. The van der Waals surface area contributed by atoms with Gasteiger partial charge < -0.3 is 14.5 Å². The van der Waals surface area contributed by atoms with Crippen LogP contribution in [-0.2, 0) is 6.42 Å². The Balaban J connectivity index is 1.29. The van der Waals surface area contributed by atoms with Crippen LogP contribution in [0.4, 0.5) is 5.69 Å². The van der Waals surface area contributed by atoms with E-state index in [2.05, 4.69) is 15.8 Å². The number of halogens is 1. The number of benzene rings is 3. The van der Waals surface area contributed by atoms with E-state index in [0.29, 0.717) is 51.9 Å². The van der Waals surface area contributed by atoms with Gasteiger partial charge in [0, 0.05) is 33.8 Å². The number of furan rings is 1. The van der Waals surface area contributed by atoms with E-state index in [1.165, 1.54) is 0 Å². The Kier molecular flexibility index (Phi) is 7.05. The molecule has 1 aliphatic rings. The summed E-state index contributed by atoms with van der Waals surface area (Å²) in [5.41, 5.74) is 5.83. The van der Waals surface area contributed by atoms with E-state index in [4.69, 9.17) is 20.8 Å². The predicted molar refractivity (Wildman–Crippen MR) is 143 cm³/mol. The lowest BCUT2D eigenvalue weighted by Gasteiger charge is -2.13. The number of fused-ring (bicyclic) bond motifs is 1. The van der Waals surface area contributed by atoms with Crippen LogP contribution in [0, 0.1) is 6.92 Å². The quantitative estimate of drug-likeness (QED) is 0.279. The number of carbonyl (C=O) groups excluding carboxylic acids is 2. The standard InChI is InChI=1S/C29H24ClN3O4/c1-18-26-24(32-33-28(34)19-10-12-20(30)13-11-19)8-5-9-25(26)37-27(18)29(35)31-21-14-16-23(17-15-21)36-22-6-3-2-4-7-22/h2-4,6-7,10-17H,5,8-9H2,1H3,(H,31,35)(H,33,34)/b32-24+. The van der Waals surface area contributed by atoms with Crippen molar-refractivity contribution in [2.45, 2.75) is 26.2 Å². The molecule has 3 aromatic carbocycles. The zero-order chi connectivity index (χ0) is 25.8. The van der Waals surface area contributed by atoms with Crippen molar-refractivity contribution in [2.75, 3.05) is 5.32 Å². The molecule has 0 aliphatic heterocycles. The average Bonchev–Trinajstić information content (AvgIpc) is 3.26. The first kappa shape index (κ1) is 24.3. The second-order valence-corrected chi connectivity index (χ2v) is 9.04. The molecular formula is C29H24ClN3O4. The van der Waals surface area contributed by atoms with Gasteiger partial charge >= 0.3 is 0 Å². The van der Waals surface area contributed by atoms with Crippen molar-refractivity contribution in [1.29, 1.82) is 0 Å². The Labute approximate surface area is 219 Å². The number of amides is 2. The van der Waals surface area contributed by atoms with Crippen molar-refractivity contribution < 1.29 is 18.7 Å². The first-order chi connectivity index (χ1) is 18.0. The van der Waals surface area contributed by atoms with E-state index in [0.717, 1.165) is 17.7 Å². The number of rotatable bonds is 6. The molecule has 0 fully saturated rings. The lowest BCUT2D eigenvalue weighted by Crippen LogP contribution is -2.22. The van der Waals surface area contributed by atoms with Gasteiger partial charge in [0.05, 0.1) is 5.71 Å². The Morgan fingerprint density at radius 2 is 1.59 bits per heavy atom. The number of nitrogens with zero attached hydrogens (tertiary/aromatic N) is 1. The maximum atomic E-state index is 13.1. The molecule has 1 heterocycles. The third-order valence-electron chi connectivity index (χ3n) is 6.02. The molecule has 8 heteroatoms. The van der Waals surface area contributed by atoms with Crippen LogP contribution >= 0.6 is 11.6 Å². The van der Waals surface area contributed by atoms with Crippen molar-refractivity contribution in [3.05, 3.63) is 112 Å². The number of aryl methyl sites for hydroxylation is 1. The van der Waals surface area contributed by atoms with Crippen LogP contribution in [0.15, 0.2) is 88.4 Å². The molecule has 186 valence electrons. The van der Waals surface area contributed by atoms with Gasteiger partial charge in [0.15, 0.2) is 5.76 Å². The molecule has 2 N–H and O–H groups in total. The van der Waals surface area contributed by atoms with Crippen LogP contribution < -0.4 is 15.5 Å².